The highest BCUT2D eigenvalue weighted by atomic mass is 127. The summed E-state index contributed by atoms with van der Waals surface area (Å²) in [6.07, 6.45) is 3.83. The van der Waals surface area contributed by atoms with E-state index in [0.717, 1.165) is 70.1 Å². The summed E-state index contributed by atoms with van der Waals surface area (Å²) in [7, 11) is 0. The zero-order chi connectivity index (χ0) is 14.8. The highest BCUT2D eigenvalue weighted by molar-refractivity contribution is 14.0. The molecule has 2 heterocycles. The number of nitrogens with zero attached hydrogens (tertiary/aromatic N) is 2. The minimum atomic E-state index is 0. The van der Waals surface area contributed by atoms with Gasteiger partial charge in [-0.25, -0.2) is 0 Å². The molecule has 0 aliphatic carbocycles. The zero-order valence-corrected chi connectivity index (χ0v) is 16.8. The lowest BCUT2D eigenvalue weighted by Gasteiger charge is -2.26. The second kappa shape index (κ2) is 12.7. The van der Waals surface area contributed by atoms with Crippen LogP contribution in [0.1, 0.15) is 26.2 Å². The van der Waals surface area contributed by atoms with Crippen molar-refractivity contribution in [1.29, 1.82) is 0 Å². The maximum Gasteiger partial charge on any atom is 0.191 e. The van der Waals surface area contributed by atoms with Gasteiger partial charge in [-0.1, -0.05) is 0 Å². The van der Waals surface area contributed by atoms with Gasteiger partial charge in [0.05, 0.1) is 19.8 Å². The van der Waals surface area contributed by atoms with E-state index >= 15 is 0 Å². The number of nitrogens with one attached hydrogen (secondary N) is 2. The summed E-state index contributed by atoms with van der Waals surface area (Å²) in [6.45, 7) is 10.0. The van der Waals surface area contributed by atoms with Crippen LogP contribution in [0.4, 0.5) is 0 Å². The second-order valence-electron chi connectivity index (χ2n) is 5.59. The van der Waals surface area contributed by atoms with Crippen LogP contribution in [0.25, 0.3) is 0 Å². The molecule has 2 rings (SSSR count). The van der Waals surface area contributed by atoms with Crippen LogP contribution >= 0.6 is 35.7 Å². The molecule has 5 nitrogen and oxygen atoms in total. The van der Waals surface area contributed by atoms with Gasteiger partial charge in [-0.05, 0) is 38.5 Å². The third kappa shape index (κ3) is 8.21. The number of aliphatic imine (C=N–C) groups is 1. The van der Waals surface area contributed by atoms with Crippen molar-refractivity contribution in [3.8, 4) is 0 Å². The molecule has 0 aromatic heterocycles. The second-order valence-corrected chi connectivity index (χ2v) is 7.00. The molecule has 130 valence electrons. The number of morpholine rings is 1. The molecular formula is C15H31IN4OS. The fraction of sp³-hybridized carbons (Fsp3) is 0.933. The molecule has 0 aromatic rings. The Balaban J connectivity index is 0.00000242. The normalized spacial score (nSPS) is 23.1. The van der Waals surface area contributed by atoms with Gasteiger partial charge in [-0.15, -0.1) is 24.0 Å². The molecule has 1 unspecified atom stereocenters. The van der Waals surface area contributed by atoms with Gasteiger partial charge >= 0.3 is 0 Å². The van der Waals surface area contributed by atoms with Crippen LogP contribution in [-0.2, 0) is 4.74 Å². The lowest BCUT2D eigenvalue weighted by Crippen LogP contribution is -2.41. The summed E-state index contributed by atoms with van der Waals surface area (Å²) < 4.78 is 5.37. The number of rotatable bonds is 7. The van der Waals surface area contributed by atoms with E-state index in [1.54, 1.807) is 0 Å². The van der Waals surface area contributed by atoms with E-state index in [4.69, 9.17) is 9.73 Å². The summed E-state index contributed by atoms with van der Waals surface area (Å²) in [5.41, 5.74) is 0. The smallest absolute Gasteiger partial charge is 0.191 e. The highest BCUT2D eigenvalue weighted by Gasteiger charge is 2.15. The fourth-order valence-corrected chi connectivity index (χ4v) is 3.84. The van der Waals surface area contributed by atoms with E-state index in [9.17, 15) is 0 Å². The quantitative estimate of drug-likeness (QED) is 0.273. The zero-order valence-electron chi connectivity index (χ0n) is 13.7. The van der Waals surface area contributed by atoms with Gasteiger partial charge in [0, 0.05) is 31.4 Å². The van der Waals surface area contributed by atoms with Crippen molar-refractivity contribution < 1.29 is 4.74 Å². The lowest BCUT2D eigenvalue weighted by molar-refractivity contribution is 0.0376. The predicted octanol–water partition coefficient (Wildman–Crippen LogP) is 1.78. The number of halogens is 1. The molecule has 7 heteroatoms. The number of guanidine groups is 1. The molecule has 2 aliphatic heterocycles. The van der Waals surface area contributed by atoms with E-state index in [1.807, 2.05) is 0 Å². The monoisotopic (exact) mass is 442 g/mol. The summed E-state index contributed by atoms with van der Waals surface area (Å²) in [4.78, 5) is 7.20. The van der Waals surface area contributed by atoms with Crippen molar-refractivity contribution in [2.75, 3.05) is 58.2 Å². The lowest BCUT2D eigenvalue weighted by atomic mass is 10.2. The number of hydrogen-bond donors (Lipinski definition) is 2. The van der Waals surface area contributed by atoms with Crippen molar-refractivity contribution in [1.82, 2.24) is 15.5 Å². The first kappa shape index (κ1) is 20.3. The molecule has 2 N–H and O–H groups in total. The molecule has 1 atom stereocenters. The molecule has 0 aromatic carbocycles. The van der Waals surface area contributed by atoms with E-state index in [2.05, 4.69) is 34.2 Å². The van der Waals surface area contributed by atoms with Gasteiger partial charge in [-0.2, -0.15) is 11.8 Å². The Labute approximate surface area is 156 Å². The van der Waals surface area contributed by atoms with Crippen LogP contribution < -0.4 is 10.6 Å². The predicted molar refractivity (Wildman–Crippen MR) is 107 cm³/mol. The van der Waals surface area contributed by atoms with E-state index in [1.165, 1.54) is 18.6 Å². The Morgan fingerprint density at radius 2 is 2.14 bits per heavy atom. The summed E-state index contributed by atoms with van der Waals surface area (Å²) in [5.74, 6) is 2.29. The summed E-state index contributed by atoms with van der Waals surface area (Å²) in [6, 6.07) is 0. The fourth-order valence-electron chi connectivity index (χ4n) is 2.66. The molecular weight excluding hydrogens is 411 g/mol. The molecule has 2 fully saturated rings. The van der Waals surface area contributed by atoms with Gasteiger partial charge in [0.15, 0.2) is 5.96 Å². The molecule has 22 heavy (non-hydrogen) atoms. The van der Waals surface area contributed by atoms with E-state index < -0.39 is 0 Å². The number of ether oxygens (including phenoxy) is 1. The SMILES string of the molecule is CCNC(=NCC1CCCS1)NCCCN1CCOCC1.I. The summed E-state index contributed by atoms with van der Waals surface area (Å²) in [5, 5.41) is 7.53. The van der Waals surface area contributed by atoms with Crippen molar-refractivity contribution >= 4 is 41.7 Å². The molecule has 0 radical (unpaired) electrons. The Morgan fingerprint density at radius 3 is 2.82 bits per heavy atom. The standard InChI is InChI=1S/C15H30N4OS.HI/c1-2-16-15(18-13-14-5-3-12-21-14)17-6-4-7-19-8-10-20-11-9-19;/h14H,2-13H2,1H3,(H2,16,17,18);1H. The summed E-state index contributed by atoms with van der Waals surface area (Å²) >= 11 is 2.07. The molecule has 0 spiro atoms. The van der Waals surface area contributed by atoms with Gasteiger partial charge in [-0.3, -0.25) is 9.89 Å². The van der Waals surface area contributed by atoms with Crippen molar-refractivity contribution in [3.63, 3.8) is 0 Å². The molecule has 0 saturated carbocycles. The maximum atomic E-state index is 5.37. The van der Waals surface area contributed by atoms with Crippen molar-refractivity contribution in [2.45, 2.75) is 31.4 Å². The molecule has 2 saturated heterocycles. The van der Waals surface area contributed by atoms with Crippen LogP contribution in [0.5, 0.6) is 0 Å². The Bertz CT molecular complexity index is 308. The third-order valence-corrected chi connectivity index (χ3v) is 5.25. The molecule has 2 aliphatic rings. The first-order chi connectivity index (χ1) is 10.4. The van der Waals surface area contributed by atoms with Crippen molar-refractivity contribution in [2.24, 2.45) is 4.99 Å². The molecule has 0 bridgehead atoms. The Morgan fingerprint density at radius 1 is 1.32 bits per heavy atom. The average Bonchev–Trinajstić information content (AvgIpc) is 3.03. The molecule has 0 amide bonds. The van der Waals surface area contributed by atoms with Gasteiger partial charge in [0.2, 0.25) is 0 Å². The minimum absolute atomic E-state index is 0. The maximum absolute atomic E-state index is 5.37. The Hall–Kier alpha value is 0.270. The Kier molecular flexibility index (Phi) is 11.7. The van der Waals surface area contributed by atoms with Gasteiger partial charge in [0.25, 0.3) is 0 Å². The van der Waals surface area contributed by atoms with Crippen LogP contribution in [0.3, 0.4) is 0 Å². The van der Waals surface area contributed by atoms with E-state index in [-0.39, 0.29) is 24.0 Å². The van der Waals surface area contributed by atoms with E-state index in [0.29, 0.717) is 0 Å². The van der Waals surface area contributed by atoms with Crippen LogP contribution in [-0.4, -0.2) is 74.3 Å². The van der Waals surface area contributed by atoms with Crippen LogP contribution in [0.15, 0.2) is 4.99 Å². The average molecular weight is 442 g/mol. The minimum Gasteiger partial charge on any atom is -0.379 e. The third-order valence-electron chi connectivity index (χ3n) is 3.87. The topological polar surface area (TPSA) is 48.9 Å². The highest BCUT2D eigenvalue weighted by Crippen LogP contribution is 2.25. The van der Waals surface area contributed by atoms with Crippen LogP contribution in [0, 0.1) is 0 Å². The van der Waals surface area contributed by atoms with Crippen LogP contribution in [0.2, 0.25) is 0 Å². The largest absolute Gasteiger partial charge is 0.379 e. The first-order valence-corrected chi connectivity index (χ1v) is 9.37. The first-order valence-electron chi connectivity index (χ1n) is 8.32. The number of thioether (sulfide) groups is 1. The van der Waals surface area contributed by atoms with Crippen molar-refractivity contribution in [3.05, 3.63) is 0 Å². The van der Waals surface area contributed by atoms with Gasteiger partial charge in [0.1, 0.15) is 0 Å². The van der Waals surface area contributed by atoms with Gasteiger partial charge < -0.3 is 15.4 Å². The number of hydrogen-bond acceptors (Lipinski definition) is 4.